The summed E-state index contributed by atoms with van der Waals surface area (Å²) < 4.78 is 15.2. The number of aromatic nitrogens is 1. The molecule has 0 saturated heterocycles. The Kier molecular flexibility index (Phi) is 7.50. The van der Waals surface area contributed by atoms with Crippen LogP contribution in [0.15, 0.2) is 34.9 Å². The molecule has 0 unspecified atom stereocenters. The molecule has 3 N–H and O–H groups in total. The van der Waals surface area contributed by atoms with Crippen molar-refractivity contribution in [2.45, 2.75) is 26.2 Å². The van der Waals surface area contributed by atoms with Gasteiger partial charge in [-0.2, -0.15) is 5.10 Å². The lowest BCUT2D eigenvalue weighted by Crippen LogP contribution is -2.14. The SMILES string of the molecule is CCOc1[nH]c(C=C2C(=O)NN=C2CCc2ccc(O)cc2)c(C(=O)OC)c1CC(=O)OC. The maximum atomic E-state index is 12.6. The van der Waals surface area contributed by atoms with Crippen molar-refractivity contribution in [3.63, 3.8) is 0 Å². The van der Waals surface area contributed by atoms with Gasteiger partial charge in [-0.3, -0.25) is 9.59 Å². The number of aromatic amines is 1. The monoisotopic (exact) mass is 455 g/mol. The molecule has 0 atom stereocenters. The quantitative estimate of drug-likeness (QED) is 0.389. The van der Waals surface area contributed by atoms with Crippen LogP contribution in [0.3, 0.4) is 0 Å². The number of phenols is 1. The minimum Gasteiger partial charge on any atom is -0.508 e. The van der Waals surface area contributed by atoms with Crippen LogP contribution in [0.4, 0.5) is 0 Å². The van der Waals surface area contributed by atoms with Crippen LogP contribution in [0, 0.1) is 0 Å². The number of phenolic OH excluding ortho intramolecular Hbond substituents is 1. The van der Waals surface area contributed by atoms with Gasteiger partial charge in [0.2, 0.25) is 0 Å². The van der Waals surface area contributed by atoms with Crippen molar-refractivity contribution in [3.8, 4) is 11.6 Å². The van der Waals surface area contributed by atoms with Crippen molar-refractivity contribution in [3.05, 3.63) is 52.2 Å². The summed E-state index contributed by atoms with van der Waals surface area (Å²) in [6.07, 6.45) is 2.30. The molecule has 1 aliphatic rings. The fourth-order valence-corrected chi connectivity index (χ4v) is 3.41. The molecular weight excluding hydrogens is 430 g/mol. The average Bonchev–Trinajstić information content (AvgIpc) is 3.33. The largest absolute Gasteiger partial charge is 0.508 e. The van der Waals surface area contributed by atoms with E-state index in [1.807, 2.05) is 0 Å². The highest BCUT2D eigenvalue weighted by atomic mass is 16.5. The van der Waals surface area contributed by atoms with Crippen LogP contribution < -0.4 is 10.2 Å². The molecule has 0 saturated carbocycles. The molecule has 33 heavy (non-hydrogen) atoms. The topological polar surface area (TPSA) is 139 Å². The first-order valence-electron chi connectivity index (χ1n) is 10.3. The third-order valence-electron chi connectivity index (χ3n) is 5.04. The van der Waals surface area contributed by atoms with Crippen molar-refractivity contribution in [2.24, 2.45) is 5.10 Å². The molecule has 1 amide bonds. The Morgan fingerprint density at radius 1 is 1.12 bits per heavy atom. The van der Waals surface area contributed by atoms with Gasteiger partial charge in [-0.25, -0.2) is 10.2 Å². The van der Waals surface area contributed by atoms with E-state index in [-0.39, 0.29) is 47.1 Å². The maximum absolute atomic E-state index is 12.6. The number of hydrazone groups is 1. The molecule has 0 bridgehead atoms. The second-order valence-electron chi connectivity index (χ2n) is 7.12. The zero-order valence-electron chi connectivity index (χ0n) is 18.6. The zero-order valence-corrected chi connectivity index (χ0v) is 18.6. The summed E-state index contributed by atoms with van der Waals surface area (Å²) in [5.41, 5.74) is 4.80. The second-order valence-corrected chi connectivity index (χ2v) is 7.12. The number of carbonyl (C=O) groups excluding carboxylic acids is 3. The number of amides is 1. The lowest BCUT2D eigenvalue weighted by molar-refractivity contribution is -0.139. The molecule has 0 radical (unpaired) electrons. The standard InChI is InChI=1S/C23H25N3O7/c1-4-33-22-16(12-19(28)31-2)20(23(30)32-3)18(24-22)11-15-17(25-26-21(15)29)10-7-13-5-8-14(27)9-6-13/h5-6,8-9,11,24,27H,4,7,10,12H2,1-3H3,(H,26,29). The molecule has 1 aromatic heterocycles. The number of methoxy groups -OCH3 is 2. The number of nitrogens with one attached hydrogen (secondary N) is 2. The van der Waals surface area contributed by atoms with E-state index in [0.29, 0.717) is 18.6 Å². The van der Waals surface area contributed by atoms with Gasteiger partial charge >= 0.3 is 11.9 Å². The van der Waals surface area contributed by atoms with Crippen molar-refractivity contribution in [2.75, 3.05) is 20.8 Å². The molecule has 0 aliphatic carbocycles. The Hall–Kier alpha value is -4.08. The van der Waals surface area contributed by atoms with Crippen molar-refractivity contribution >= 4 is 29.6 Å². The number of hydrogen-bond donors (Lipinski definition) is 3. The summed E-state index contributed by atoms with van der Waals surface area (Å²) >= 11 is 0. The zero-order chi connectivity index (χ0) is 24.0. The van der Waals surface area contributed by atoms with Gasteiger partial charge in [0.05, 0.1) is 49.8 Å². The molecule has 1 aromatic carbocycles. The van der Waals surface area contributed by atoms with E-state index < -0.39 is 17.8 Å². The summed E-state index contributed by atoms with van der Waals surface area (Å²) in [6.45, 7) is 2.04. The Morgan fingerprint density at radius 2 is 1.85 bits per heavy atom. The molecule has 174 valence electrons. The number of carbonyl (C=O) groups is 3. The fourth-order valence-electron chi connectivity index (χ4n) is 3.41. The number of benzene rings is 1. The highest BCUT2D eigenvalue weighted by Crippen LogP contribution is 2.30. The smallest absolute Gasteiger partial charge is 0.340 e. The van der Waals surface area contributed by atoms with Crippen LogP contribution in [0.1, 0.15) is 40.5 Å². The van der Waals surface area contributed by atoms with Gasteiger partial charge in [-0.15, -0.1) is 0 Å². The number of ether oxygens (including phenoxy) is 3. The van der Waals surface area contributed by atoms with E-state index in [9.17, 15) is 19.5 Å². The van der Waals surface area contributed by atoms with Crippen LogP contribution >= 0.6 is 0 Å². The highest BCUT2D eigenvalue weighted by molar-refractivity contribution is 6.27. The summed E-state index contributed by atoms with van der Waals surface area (Å²) in [5, 5.41) is 13.5. The lowest BCUT2D eigenvalue weighted by atomic mass is 10.00. The molecular formula is C23H25N3O7. The van der Waals surface area contributed by atoms with Gasteiger partial charge in [0.25, 0.3) is 5.91 Å². The van der Waals surface area contributed by atoms with Gasteiger partial charge in [-0.1, -0.05) is 12.1 Å². The fraction of sp³-hybridized carbons (Fsp3) is 0.304. The number of aromatic hydroxyl groups is 1. The molecule has 3 rings (SSSR count). The van der Waals surface area contributed by atoms with Gasteiger partial charge in [0.15, 0.2) is 5.88 Å². The summed E-state index contributed by atoms with van der Waals surface area (Å²) in [4.78, 5) is 40.0. The number of H-pyrrole nitrogens is 1. The van der Waals surface area contributed by atoms with E-state index in [4.69, 9.17) is 14.2 Å². The lowest BCUT2D eigenvalue weighted by Gasteiger charge is -2.06. The van der Waals surface area contributed by atoms with Crippen LogP contribution in [0.25, 0.3) is 6.08 Å². The third kappa shape index (κ3) is 5.40. The normalized spacial score (nSPS) is 14.1. The van der Waals surface area contributed by atoms with E-state index in [1.54, 1.807) is 31.2 Å². The summed E-state index contributed by atoms with van der Waals surface area (Å²) in [6, 6.07) is 6.76. The number of rotatable bonds is 9. The number of nitrogens with zero attached hydrogens (tertiary/aromatic N) is 1. The van der Waals surface area contributed by atoms with Crippen LogP contribution in [-0.4, -0.2) is 54.5 Å². The van der Waals surface area contributed by atoms with Gasteiger partial charge < -0.3 is 24.3 Å². The average molecular weight is 455 g/mol. The Morgan fingerprint density at radius 3 is 2.48 bits per heavy atom. The number of esters is 2. The van der Waals surface area contributed by atoms with Crippen molar-refractivity contribution in [1.29, 1.82) is 0 Å². The third-order valence-corrected chi connectivity index (χ3v) is 5.04. The van der Waals surface area contributed by atoms with E-state index >= 15 is 0 Å². The molecule has 1 aliphatic heterocycles. The Balaban J connectivity index is 1.97. The predicted octanol–water partition coefficient (Wildman–Crippen LogP) is 2.12. The molecule has 10 nitrogen and oxygen atoms in total. The maximum Gasteiger partial charge on any atom is 0.340 e. The van der Waals surface area contributed by atoms with Gasteiger partial charge in [0, 0.05) is 5.56 Å². The van der Waals surface area contributed by atoms with E-state index in [0.717, 1.165) is 5.56 Å². The predicted molar refractivity (Wildman–Crippen MR) is 119 cm³/mol. The minimum absolute atomic E-state index is 0.0800. The van der Waals surface area contributed by atoms with Crippen LogP contribution in [-0.2, 0) is 31.9 Å². The van der Waals surface area contributed by atoms with Crippen LogP contribution in [0.5, 0.6) is 11.6 Å². The molecule has 0 spiro atoms. The van der Waals surface area contributed by atoms with E-state index in [1.165, 1.54) is 20.3 Å². The van der Waals surface area contributed by atoms with Gasteiger partial charge in [-0.05, 0) is 43.5 Å². The van der Waals surface area contributed by atoms with Gasteiger partial charge in [0.1, 0.15) is 5.75 Å². The first kappa shape index (κ1) is 23.6. The highest BCUT2D eigenvalue weighted by Gasteiger charge is 2.29. The summed E-state index contributed by atoms with van der Waals surface area (Å²) in [5.74, 6) is -1.29. The molecule has 2 heterocycles. The Labute approximate surface area is 190 Å². The molecule has 10 heteroatoms. The van der Waals surface area contributed by atoms with Crippen LogP contribution in [0.2, 0.25) is 0 Å². The minimum atomic E-state index is -0.691. The summed E-state index contributed by atoms with van der Waals surface area (Å²) in [7, 11) is 2.47. The van der Waals surface area contributed by atoms with E-state index in [2.05, 4.69) is 15.5 Å². The molecule has 0 fully saturated rings. The van der Waals surface area contributed by atoms with Crippen molar-refractivity contribution < 1.29 is 33.7 Å². The number of aryl methyl sites for hydroxylation is 1. The Bertz CT molecular complexity index is 1110. The second kappa shape index (κ2) is 10.5. The van der Waals surface area contributed by atoms with Crippen molar-refractivity contribution in [1.82, 2.24) is 10.4 Å². The first-order chi connectivity index (χ1) is 15.9. The first-order valence-corrected chi connectivity index (χ1v) is 10.3. The number of hydrogen-bond acceptors (Lipinski definition) is 8. The molecule has 2 aromatic rings.